The Morgan fingerprint density at radius 2 is 1.59 bits per heavy atom. The standard InChI is InChI=1S/C8H11F7N2/c1-17-3-2-16-4-5(17)6(9,10)7(11,12)8(13,14)15/h5,16H,2-4H2,1H3. The first-order chi connectivity index (χ1) is 7.52. The summed E-state index contributed by atoms with van der Waals surface area (Å²) in [5.74, 6) is -11.2. The van der Waals surface area contributed by atoms with Crippen molar-refractivity contribution in [1.29, 1.82) is 0 Å². The van der Waals surface area contributed by atoms with Gasteiger partial charge in [-0.25, -0.2) is 0 Å². The summed E-state index contributed by atoms with van der Waals surface area (Å²) >= 11 is 0. The van der Waals surface area contributed by atoms with Crippen molar-refractivity contribution >= 4 is 0 Å². The second-order valence-electron chi connectivity index (χ2n) is 3.90. The van der Waals surface area contributed by atoms with E-state index in [0.717, 1.165) is 11.9 Å². The van der Waals surface area contributed by atoms with Crippen molar-refractivity contribution in [3.05, 3.63) is 0 Å². The fourth-order valence-electron chi connectivity index (χ4n) is 1.61. The van der Waals surface area contributed by atoms with Crippen molar-refractivity contribution in [2.24, 2.45) is 0 Å². The third-order valence-corrected chi connectivity index (χ3v) is 2.70. The first-order valence-electron chi connectivity index (χ1n) is 4.75. The van der Waals surface area contributed by atoms with Crippen LogP contribution in [0.15, 0.2) is 0 Å². The maximum atomic E-state index is 13.3. The maximum absolute atomic E-state index is 13.3. The summed E-state index contributed by atoms with van der Waals surface area (Å²) in [5, 5.41) is 2.37. The molecule has 1 saturated heterocycles. The lowest BCUT2D eigenvalue weighted by Gasteiger charge is -2.41. The quantitative estimate of drug-likeness (QED) is 0.767. The van der Waals surface area contributed by atoms with E-state index in [1.165, 1.54) is 0 Å². The molecule has 9 heteroatoms. The van der Waals surface area contributed by atoms with Gasteiger partial charge in [0.25, 0.3) is 0 Å². The lowest BCUT2D eigenvalue weighted by Crippen LogP contribution is -2.66. The normalized spacial score (nSPS) is 25.1. The van der Waals surface area contributed by atoms with Crippen LogP contribution < -0.4 is 5.32 Å². The minimum atomic E-state index is -6.27. The highest BCUT2D eigenvalue weighted by Gasteiger charge is 2.75. The average Bonchev–Trinajstić information content (AvgIpc) is 2.16. The number of likely N-dealkylation sites (N-methyl/N-ethyl adjacent to an activating group) is 1. The van der Waals surface area contributed by atoms with Gasteiger partial charge in [-0.2, -0.15) is 30.7 Å². The monoisotopic (exact) mass is 268 g/mol. The van der Waals surface area contributed by atoms with Crippen molar-refractivity contribution in [1.82, 2.24) is 10.2 Å². The molecule has 1 rings (SSSR count). The molecule has 1 aliphatic rings. The first-order valence-corrected chi connectivity index (χ1v) is 4.75. The zero-order chi connectivity index (χ0) is 13.5. The van der Waals surface area contributed by atoms with Crippen LogP contribution >= 0.6 is 0 Å². The molecule has 0 radical (unpaired) electrons. The molecule has 0 aromatic carbocycles. The van der Waals surface area contributed by atoms with E-state index < -0.39 is 30.6 Å². The number of halogens is 7. The Bertz CT molecular complexity index is 276. The maximum Gasteiger partial charge on any atom is 0.459 e. The van der Waals surface area contributed by atoms with Crippen LogP contribution in [0.4, 0.5) is 30.7 Å². The number of hydrogen-bond acceptors (Lipinski definition) is 2. The Morgan fingerprint density at radius 3 is 2.00 bits per heavy atom. The van der Waals surface area contributed by atoms with E-state index in [1.807, 2.05) is 0 Å². The van der Waals surface area contributed by atoms with Crippen LogP contribution in [-0.4, -0.2) is 55.6 Å². The molecule has 1 aliphatic heterocycles. The summed E-state index contributed by atoms with van der Waals surface area (Å²) in [5.41, 5.74) is 0. The van der Waals surface area contributed by atoms with Crippen molar-refractivity contribution in [2.45, 2.75) is 24.1 Å². The van der Waals surface area contributed by atoms with Gasteiger partial charge in [0, 0.05) is 19.6 Å². The van der Waals surface area contributed by atoms with Crippen molar-refractivity contribution in [3.63, 3.8) is 0 Å². The van der Waals surface area contributed by atoms with Crippen LogP contribution in [0.3, 0.4) is 0 Å². The van der Waals surface area contributed by atoms with Gasteiger partial charge in [0.15, 0.2) is 0 Å². The minimum Gasteiger partial charge on any atom is -0.314 e. The molecule has 17 heavy (non-hydrogen) atoms. The van der Waals surface area contributed by atoms with Crippen molar-refractivity contribution in [3.8, 4) is 0 Å². The van der Waals surface area contributed by atoms with E-state index in [2.05, 4.69) is 5.32 Å². The minimum absolute atomic E-state index is 0.0196. The molecule has 1 atom stereocenters. The molecule has 1 fully saturated rings. The van der Waals surface area contributed by atoms with Crippen molar-refractivity contribution in [2.75, 3.05) is 26.7 Å². The lowest BCUT2D eigenvalue weighted by molar-refractivity contribution is -0.365. The van der Waals surface area contributed by atoms with Gasteiger partial charge < -0.3 is 5.32 Å². The van der Waals surface area contributed by atoms with Crippen LogP contribution in [0.2, 0.25) is 0 Å². The van der Waals surface area contributed by atoms with Crippen LogP contribution in [0.25, 0.3) is 0 Å². The fourth-order valence-corrected chi connectivity index (χ4v) is 1.61. The smallest absolute Gasteiger partial charge is 0.314 e. The second-order valence-corrected chi connectivity index (χ2v) is 3.90. The Balaban J connectivity index is 3.00. The van der Waals surface area contributed by atoms with E-state index in [0.29, 0.717) is 0 Å². The Kier molecular flexibility index (Phi) is 3.64. The molecule has 0 aliphatic carbocycles. The zero-order valence-corrected chi connectivity index (χ0v) is 8.79. The van der Waals surface area contributed by atoms with Crippen molar-refractivity contribution < 1.29 is 30.7 Å². The molecule has 0 aromatic heterocycles. The van der Waals surface area contributed by atoms with E-state index >= 15 is 0 Å². The Morgan fingerprint density at radius 1 is 1.06 bits per heavy atom. The van der Waals surface area contributed by atoms with E-state index in [-0.39, 0.29) is 13.1 Å². The third-order valence-electron chi connectivity index (χ3n) is 2.70. The van der Waals surface area contributed by atoms with Gasteiger partial charge in [0.2, 0.25) is 0 Å². The highest BCUT2D eigenvalue weighted by Crippen LogP contribution is 2.48. The van der Waals surface area contributed by atoms with Gasteiger partial charge in [-0.05, 0) is 7.05 Å². The molecule has 1 unspecified atom stereocenters. The number of nitrogens with zero attached hydrogens (tertiary/aromatic N) is 1. The molecule has 0 aromatic rings. The zero-order valence-electron chi connectivity index (χ0n) is 8.79. The van der Waals surface area contributed by atoms with Crippen LogP contribution in [0.5, 0.6) is 0 Å². The van der Waals surface area contributed by atoms with Gasteiger partial charge in [0.05, 0.1) is 6.04 Å². The molecular formula is C8H11F7N2. The van der Waals surface area contributed by atoms with Crippen LogP contribution in [0, 0.1) is 0 Å². The summed E-state index contributed by atoms with van der Waals surface area (Å²) in [6.07, 6.45) is -6.27. The summed E-state index contributed by atoms with van der Waals surface area (Å²) < 4.78 is 87.9. The summed E-state index contributed by atoms with van der Waals surface area (Å²) in [4.78, 5) is 0.802. The second kappa shape index (κ2) is 4.27. The van der Waals surface area contributed by atoms with Gasteiger partial charge in [-0.1, -0.05) is 0 Å². The third kappa shape index (κ3) is 2.35. The molecule has 102 valence electrons. The summed E-state index contributed by atoms with van der Waals surface area (Å²) in [6.45, 7) is -0.371. The summed E-state index contributed by atoms with van der Waals surface area (Å²) in [6, 6.07) is -2.19. The Hall–Kier alpha value is -0.570. The van der Waals surface area contributed by atoms with E-state index in [1.54, 1.807) is 0 Å². The number of hydrogen-bond donors (Lipinski definition) is 1. The van der Waals surface area contributed by atoms with Gasteiger partial charge in [0.1, 0.15) is 0 Å². The highest BCUT2D eigenvalue weighted by atomic mass is 19.4. The predicted octanol–water partition coefficient (Wildman–Crippen LogP) is 1.72. The van der Waals surface area contributed by atoms with Gasteiger partial charge >= 0.3 is 18.0 Å². The van der Waals surface area contributed by atoms with Gasteiger partial charge in [-0.15, -0.1) is 0 Å². The molecular weight excluding hydrogens is 257 g/mol. The number of alkyl halides is 7. The highest BCUT2D eigenvalue weighted by molar-refractivity contribution is 5.01. The molecule has 0 amide bonds. The predicted molar refractivity (Wildman–Crippen MR) is 45.2 cm³/mol. The largest absolute Gasteiger partial charge is 0.459 e. The average molecular weight is 268 g/mol. The SMILES string of the molecule is CN1CCNCC1C(F)(F)C(F)(F)C(F)(F)F. The van der Waals surface area contributed by atoms with E-state index in [4.69, 9.17) is 0 Å². The first kappa shape index (κ1) is 14.5. The van der Waals surface area contributed by atoms with Crippen LogP contribution in [0.1, 0.15) is 0 Å². The fraction of sp³-hybridized carbons (Fsp3) is 1.00. The van der Waals surface area contributed by atoms with Crippen LogP contribution in [-0.2, 0) is 0 Å². The van der Waals surface area contributed by atoms with Gasteiger partial charge in [-0.3, -0.25) is 4.90 Å². The molecule has 2 nitrogen and oxygen atoms in total. The molecule has 0 spiro atoms. The summed E-state index contributed by atoms with van der Waals surface area (Å²) in [7, 11) is 1.09. The lowest BCUT2D eigenvalue weighted by atomic mass is 10.00. The molecule has 0 bridgehead atoms. The topological polar surface area (TPSA) is 15.3 Å². The molecule has 1 N–H and O–H groups in total. The number of rotatable bonds is 2. The Labute approximate surface area is 92.8 Å². The number of nitrogens with one attached hydrogen (secondary N) is 1. The molecule has 1 heterocycles. The van der Waals surface area contributed by atoms with E-state index in [9.17, 15) is 30.7 Å². The number of piperazine rings is 1. The molecule has 0 saturated carbocycles.